The van der Waals surface area contributed by atoms with Crippen LogP contribution in [0, 0.1) is 0 Å². The number of unbranched alkanes of at least 4 members (excludes halogenated alkanes) is 52. The Labute approximate surface area is 537 Å². The van der Waals surface area contributed by atoms with E-state index in [1.165, 1.54) is 302 Å². The molecule has 7 atom stereocenters. The molecule has 0 aromatic carbocycles. The van der Waals surface area contributed by atoms with Crippen LogP contribution in [0.1, 0.15) is 386 Å². The fraction of sp³-hybridized carbons (Fsp3) is 0.921. The molecular weight excluding hydrogens is 1090 g/mol. The lowest BCUT2D eigenvalue weighted by Gasteiger charge is -2.40. The van der Waals surface area contributed by atoms with Crippen molar-refractivity contribution in [2.75, 3.05) is 19.8 Å². The number of esters is 1. The van der Waals surface area contributed by atoms with Crippen molar-refractivity contribution in [3.63, 3.8) is 0 Å². The summed E-state index contributed by atoms with van der Waals surface area (Å²) in [6, 6.07) is -0.803. The molecule has 7 unspecified atom stereocenters. The number of carbonyl (C=O) groups is 2. The Morgan fingerprint density at radius 1 is 0.414 bits per heavy atom. The predicted molar refractivity (Wildman–Crippen MR) is 366 cm³/mol. The molecule has 87 heavy (non-hydrogen) atoms. The van der Waals surface area contributed by atoms with Gasteiger partial charge in [0.2, 0.25) is 5.91 Å². The van der Waals surface area contributed by atoms with Gasteiger partial charge in [-0.25, -0.2) is 0 Å². The molecule has 6 N–H and O–H groups in total. The summed E-state index contributed by atoms with van der Waals surface area (Å²) in [7, 11) is 0. The lowest BCUT2D eigenvalue weighted by Crippen LogP contribution is -2.60. The van der Waals surface area contributed by atoms with Gasteiger partial charge in [0.05, 0.1) is 32.0 Å². The molecule has 1 aliphatic rings. The summed E-state index contributed by atoms with van der Waals surface area (Å²) in [5.74, 6) is -0.168. The number of allylic oxidation sites excluding steroid dienone is 3. The first-order valence-corrected chi connectivity index (χ1v) is 38.1. The molecule has 1 aliphatic heterocycles. The first-order valence-electron chi connectivity index (χ1n) is 38.1. The van der Waals surface area contributed by atoms with Crippen LogP contribution >= 0.6 is 0 Å². The van der Waals surface area contributed by atoms with Crippen molar-refractivity contribution in [3.8, 4) is 0 Å². The fourth-order valence-corrected chi connectivity index (χ4v) is 12.3. The second kappa shape index (κ2) is 65.6. The van der Waals surface area contributed by atoms with Gasteiger partial charge in [-0.05, 0) is 57.8 Å². The quantitative estimate of drug-likeness (QED) is 0.0195. The molecular formula is C76H145NO10. The molecule has 0 aliphatic carbocycles. The maximum Gasteiger partial charge on any atom is 0.305 e. The molecule has 1 saturated heterocycles. The second-order valence-electron chi connectivity index (χ2n) is 26.7. The van der Waals surface area contributed by atoms with E-state index < -0.39 is 49.5 Å². The highest BCUT2D eigenvalue weighted by atomic mass is 16.7. The predicted octanol–water partition coefficient (Wildman–Crippen LogP) is 20.0. The van der Waals surface area contributed by atoms with Crippen LogP contribution in [-0.4, -0.2) is 100 Å². The van der Waals surface area contributed by atoms with Crippen LogP contribution in [0.5, 0.6) is 0 Å². The van der Waals surface area contributed by atoms with Crippen LogP contribution in [0.3, 0.4) is 0 Å². The van der Waals surface area contributed by atoms with Crippen molar-refractivity contribution >= 4 is 11.9 Å². The van der Waals surface area contributed by atoms with Gasteiger partial charge in [-0.2, -0.15) is 0 Å². The number of amides is 1. The number of nitrogens with one attached hydrogen (secondary N) is 1. The van der Waals surface area contributed by atoms with Crippen molar-refractivity contribution in [1.82, 2.24) is 5.32 Å². The van der Waals surface area contributed by atoms with E-state index in [2.05, 4.69) is 31.3 Å². The van der Waals surface area contributed by atoms with Crippen molar-refractivity contribution in [1.29, 1.82) is 0 Å². The molecule has 1 heterocycles. The summed E-state index contributed by atoms with van der Waals surface area (Å²) in [5.41, 5.74) is 0. The Balaban J connectivity index is 1.85. The number of ether oxygens (including phenoxy) is 3. The summed E-state index contributed by atoms with van der Waals surface area (Å²) in [6.07, 6.45) is 73.7. The van der Waals surface area contributed by atoms with Gasteiger partial charge in [-0.3, -0.25) is 9.59 Å². The summed E-state index contributed by atoms with van der Waals surface area (Å²) >= 11 is 0. The molecule has 1 rings (SSSR count). The Morgan fingerprint density at radius 2 is 0.736 bits per heavy atom. The number of hydrogen-bond donors (Lipinski definition) is 6. The highest BCUT2D eigenvalue weighted by Crippen LogP contribution is 2.24. The minimum atomic E-state index is -1.57. The van der Waals surface area contributed by atoms with E-state index in [4.69, 9.17) is 14.2 Å². The average Bonchev–Trinajstić information content (AvgIpc) is 3.11. The number of hydrogen-bond acceptors (Lipinski definition) is 10. The summed E-state index contributed by atoms with van der Waals surface area (Å²) in [6.45, 7) is 4.34. The number of aliphatic hydroxyl groups is 5. The van der Waals surface area contributed by atoms with Gasteiger partial charge in [0.15, 0.2) is 6.29 Å². The molecule has 0 aromatic rings. The van der Waals surface area contributed by atoms with Gasteiger partial charge >= 0.3 is 5.97 Å². The first-order chi connectivity index (χ1) is 42.7. The van der Waals surface area contributed by atoms with E-state index in [9.17, 15) is 35.1 Å². The van der Waals surface area contributed by atoms with Crippen molar-refractivity contribution in [3.05, 3.63) is 24.3 Å². The molecule has 0 radical (unpaired) electrons. The Hall–Kier alpha value is -1.86. The van der Waals surface area contributed by atoms with E-state index in [1.54, 1.807) is 6.08 Å². The molecule has 1 amide bonds. The molecule has 0 aromatic heterocycles. The van der Waals surface area contributed by atoms with E-state index in [-0.39, 0.29) is 18.5 Å². The third-order valence-corrected chi connectivity index (χ3v) is 18.3. The largest absolute Gasteiger partial charge is 0.466 e. The molecule has 11 heteroatoms. The normalized spacial score (nSPS) is 17.9. The van der Waals surface area contributed by atoms with Gasteiger partial charge in [0.25, 0.3) is 0 Å². The van der Waals surface area contributed by atoms with Crippen LogP contribution in [0.15, 0.2) is 24.3 Å². The van der Waals surface area contributed by atoms with Crippen LogP contribution in [-0.2, 0) is 23.8 Å². The van der Waals surface area contributed by atoms with Gasteiger partial charge in [-0.1, -0.05) is 340 Å². The lowest BCUT2D eigenvalue weighted by atomic mass is 9.99. The van der Waals surface area contributed by atoms with Crippen molar-refractivity contribution in [2.45, 2.75) is 429 Å². The first kappa shape index (κ1) is 83.2. The minimum Gasteiger partial charge on any atom is -0.466 e. The summed E-state index contributed by atoms with van der Waals surface area (Å²) in [4.78, 5) is 25.1. The van der Waals surface area contributed by atoms with Crippen LogP contribution in [0.2, 0.25) is 0 Å². The molecule has 0 saturated carbocycles. The third-order valence-electron chi connectivity index (χ3n) is 18.3. The monoisotopic (exact) mass is 1230 g/mol. The molecule has 1 fully saturated rings. The Morgan fingerprint density at radius 3 is 1.11 bits per heavy atom. The highest BCUT2D eigenvalue weighted by Gasteiger charge is 2.44. The minimum absolute atomic E-state index is 0.00844. The van der Waals surface area contributed by atoms with E-state index in [0.717, 1.165) is 57.8 Å². The summed E-state index contributed by atoms with van der Waals surface area (Å²) in [5, 5.41) is 54.3. The van der Waals surface area contributed by atoms with E-state index in [0.29, 0.717) is 19.4 Å². The van der Waals surface area contributed by atoms with Crippen LogP contribution in [0.25, 0.3) is 0 Å². The maximum atomic E-state index is 13.0. The van der Waals surface area contributed by atoms with Crippen molar-refractivity contribution in [2.24, 2.45) is 0 Å². The van der Waals surface area contributed by atoms with Crippen LogP contribution in [0.4, 0.5) is 0 Å². The van der Waals surface area contributed by atoms with Crippen LogP contribution < -0.4 is 5.32 Å². The Kier molecular flexibility index (Phi) is 62.7. The topological polar surface area (TPSA) is 175 Å². The summed E-state index contributed by atoms with van der Waals surface area (Å²) < 4.78 is 16.7. The highest BCUT2D eigenvalue weighted by molar-refractivity contribution is 5.76. The number of aliphatic hydroxyl groups excluding tert-OH is 5. The van der Waals surface area contributed by atoms with Gasteiger partial charge < -0.3 is 45.1 Å². The third kappa shape index (κ3) is 54.4. The van der Waals surface area contributed by atoms with E-state index >= 15 is 0 Å². The number of rotatable bonds is 68. The standard InChI is InChI=1S/C76H145NO10/c1-3-5-7-9-11-13-14-40-44-48-52-56-60-64-72(81)85-65-61-57-53-49-45-42-39-37-35-33-31-29-27-25-23-21-19-17-15-16-18-20-22-24-26-28-30-32-34-36-38-41-43-47-51-55-59-63-71(80)77-68(69(79)62-58-54-50-46-12-10-8-6-4-2)67-86-76-75(84)74(83)73(82)70(66-78)87-76/h13-14,58,62,68-70,73-76,78-79,82-84H,3-12,15-57,59-61,63-67H2,1-2H3,(H,77,80)/b14-13-,62-58+. The Bertz CT molecular complexity index is 1490. The van der Waals surface area contributed by atoms with Gasteiger partial charge in [0.1, 0.15) is 24.4 Å². The zero-order chi connectivity index (χ0) is 63.0. The van der Waals surface area contributed by atoms with Gasteiger partial charge in [0, 0.05) is 12.8 Å². The zero-order valence-corrected chi connectivity index (χ0v) is 57.3. The molecule has 11 nitrogen and oxygen atoms in total. The van der Waals surface area contributed by atoms with E-state index in [1.807, 2.05) is 6.08 Å². The number of carbonyl (C=O) groups excluding carboxylic acids is 2. The lowest BCUT2D eigenvalue weighted by molar-refractivity contribution is -0.302. The molecule has 0 bridgehead atoms. The fourth-order valence-electron chi connectivity index (χ4n) is 12.3. The molecule has 514 valence electrons. The van der Waals surface area contributed by atoms with Crippen molar-refractivity contribution < 1.29 is 49.3 Å². The maximum absolute atomic E-state index is 13.0. The van der Waals surface area contributed by atoms with Gasteiger partial charge in [-0.15, -0.1) is 0 Å². The average molecular weight is 1230 g/mol. The zero-order valence-electron chi connectivity index (χ0n) is 57.3. The second-order valence-corrected chi connectivity index (χ2v) is 26.7. The smallest absolute Gasteiger partial charge is 0.305 e. The molecule has 0 spiro atoms. The SMILES string of the molecule is CCCCCC/C=C\CCCCCCCC(=O)OCCCCCCCCCCCCCCCCCCCCCCCCCCCCCCCCCCCCCCCC(=O)NC(COC1OC(CO)C(O)C(O)C1O)C(O)/C=C/CCCCCCCCC.